The van der Waals surface area contributed by atoms with Gasteiger partial charge in [0, 0.05) is 13.1 Å². The van der Waals surface area contributed by atoms with Crippen molar-refractivity contribution < 1.29 is 17.2 Å². The van der Waals surface area contributed by atoms with E-state index in [9.17, 15) is 17.2 Å². The molecule has 2 aromatic carbocycles. The van der Waals surface area contributed by atoms with E-state index < -0.39 is 15.7 Å². The minimum atomic E-state index is -3.75. The second-order valence-corrected chi connectivity index (χ2v) is 8.03. The Hall–Kier alpha value is -2.48. The van der Waals surface area contributed by atoms with E-state index in [1.165, 1.54) is 24.3 Å². The number of benzene rings is 2. The summed E-state index contributed by atoms with van der Waals surface area (Å²) in [6.07, 6.45) is 0. The molecule has 2 rings (SSSR count). The highest BCUT2D eigenvalue weighted by Crippen LogP contribution is 2.14. The molecule has 0 fully saturated rings. The van der Waals surface area contributed by atoms with Crippen LogP contribution in [0.5, 0.6) is 0 Å². The van der Waals surface area contributed by atoms with Crippen LogP contribution in [0.25, 0.3) is 0 Å². The summed E-state index contributed by atoms with van der Waals surface area (Å²) in [4.78, 5) is 4.01. The van der Waals surface area contributed by atoms with Crippen LogP contribution in [0.1, 0.15) is 18.1 Å². The smallest absolute Gasteiger partial charge is 0.191 e. The highest BCUT2D eigenvalue weighted by molar-refractivity contribution is 7.91. The molecule has 0 aromatic heterocycles. The van der Waals surface area contributed by atoms with Gasteiger partial charge in [-0.15, -0.1) is 0 Å². The van der Waals surface area contributed by atoms with Gasteiger partial charge in [-0.25, -0.2) is 22.2 Å². The number of halogens is 2. The Morgan fingerprint density at radius 1 is 1.07 bits per heavy atom. The summed E-state index contributed by atoms with van der Waals surface area (Å²) in [5, 5.41) is 5.90. The quantitative estimate of drug-likeness (QED) is 0.559. The maximum absolute atomic E-state index is 13.7. The summed E-state index contributed by atoms with van der Waals surface area (Å²) in [5.74, 6) is -0.935. The van der Waals surface area contributed by atoms with Crippen molar-refractivity contribution in [3.63, 3.8) is 0 Å². The average molecular weight is 395 g/mol. The number of aliphatic imine (C=N–C) groups is 1. The van der Waals surface area contributed by atoms with Crippen molar-refractivity contribution in [3.8, 4) is 0 Å². The normalized spacial score (nSPS) is 12.1. The molecule has 8 heteroatoms. The highest BCUT2D eigenvalue weighted by Gasteiger charge is 2.18. The van der Waals surface area contributed by atoms with E-state index in [1.807, 2.05) is 6.92 Å². The molecule has 27 heavy (non-hydrogen) atoms. The number of nitrogens with one attached hydrogen (secondary N) is 2. The molecule has 0 radical (unpaired) electrons. The molecule has 146 valence electrons. The molecule has 0 unspecified atom stereocenters. The molecule has 0 heterocycles. The standard InChI is InChI=1S/C19H23F2N3O2S/c1-3-22-19(24-13-15-9-8-14(2)17(21)12-15)23-10-11-27(25,26)18-7-5-4-6-16(18)20/h4-9,12H,3,10-11,13H2,1-2H3,(H2,22,23,24). The summed E-state index contributed by atoms with van der Waals surface area (Å²) in [6, 6.07) is 10.2. The molecule has 2 aromatic rings. The van der Waals surface area contributed by atoms with E-state index in [0.717, 1.165) is 6.07 Å². The van der Waals surface area contributed by atoms with Crippen LogP contribution in [0, 0.1) is 18.6 Å². The molecule has 0 spiro atoms. The zero-order chi connectivity index (χ0) is 19.9. The van der Waals surface area contributed by atoms with E-state index >= 15 is 0 Å². The fourth-order valence-electron chi connectivity index (χ4n) is 2.36. The van der Waals surface area contributed by atoms with Crippen LogP contribution >= 0.6 is 0 Å². The summed E-state index contributed by atoms with van der Waals surface area (Å²) in [7, 11) is -3.75. The summed E-state index contributed by atoms with van der Waals surface area (Å²) in [5.41, 5.74) is 1.26. The van der Waals surface area contributed by atoms with Gasteiger partial charge >= 0.3 is 0 Å². The first-order valence-corrected chi connectivity index (χ1v) is 10.2. The van der Waals surface area contributed by atoms with Crippen molar-refractivity contribution in [3.05, 3.63) is 65.2 Å². The molecular formula is C19H23F2N3O2S. The van der Waals surface area contributed by atoms with Crippen LogP contribution in [0.3, 0.4) is 0 Å². The number of hydrogen-bond acceptors (Lipinski definition) is 3. The van der Waals surface area contributed by atoms with Gasteiger partial charge in [-0.3, -0.25) is 0 Å². The highest BCUT2D eigenvalue weighted by atomic mass is 32.2. The van der Waals surface area contributed by atoms with E-state index in [0.29, 0.717) is 23.6 Å². The Kier molecular flexibility index (Phi) is 7.29. The molecule has 2 N–H and O–H groups in total. The molecular weight excluding hydrogens is 372 g/mol. The zero-order valence-electron chi connectivity index (χ0n) is 15.3. The molecule has 0 aliphatic rings. The number of sulfone groups is 1. The van der Waals surface area contributed by atoms with Crippen LogP contribution in [-0.4, -0.2) is 33.2 Å². The first-order chi connectivity index (χ1) is 12.8. The summed E-state index contributed by atoms with van der Waals surface area (Å²) < 4.78 is 51.8. The second-order valence-electron chi connectivity index (χ2n) is 5.95. The molecule has 0 amide bonds. The monoisotopic (exact) mass is 395 g/mol. The van der Waals surface area contributed by atoms with E-state index in [1.54, 1.807) is 19.1 Å². The number of aryl methyl sites for hydroxylation is 1. The van der Waals surface area contributed by atoms with Gasteiger partial charge in [-0.1, -0.05) is 24.3 Å². The van der Waals surface area contributed by atoms with Gasteiger partial charge in [-0.2, -0.15) is 0 Å². The minimum absolute atomic E-state index is 0.0603. The summed E-state index contributed by atoms with van der Waals surface area (Å²) in [6.45, 7) is 4.44. The van der Waals surface area contributed by atoms with Gasteiger partial charge in [0.25, 0.3) is 0 Å². The molecule has 0 saturated carbocycles. The van der Waals surface area contributed by atoms with E-state index in [2.05, 4.69) is 15.6 Å². The molecule has 0 bridgehead atoms. The van der Waals surface area contributed by atoms with Crippen molar-refractivity contribution in [2.45, 2.75) is 25.3 Å². The molecule has 0 atom stereocenters. The van der Waals surface area contributed by atoms with Gasteiger partial charge in [-0.05, 0) is 43.2 Å². The Morgan fingerprint density at radius 2 is 1.81 bits per heavy atom. The topological polar surface area (TPSA) is 70.6 Å². The van der Waals surface area contributed by atoms with Crippen LogP contribution in [0.15, 0.2) is 52.4 Å². The largest absolute Gasteiger partial charge is 0.357 e. The van der Waals surface area contributed by atoms with Crippen LogP contribution < -0.4 is 10.6 Å². The van der Waals surface area contributed by atoms with Gasteiger partial charge in [0.1, 0.15) is 16.5 Å². The number of rotatable bonds is 7. The number of hydrogen-bond donors (Lipinski definition) is 2. The first kappa shape index (κ1) is 20.8. The van der Waals surface area contributed by atoms with Gasteiger partial charge < -0.3 is 10.6 Å². The van der Waals surface area contributed by atoms with Gasteiger partial charge in [0.05, 0.1) is 12.3 Å². The van der Waals surface area contributed by atoms with Crippen molar-refractivity contribution in [2.75, 3.05) is 18.8 Å². The SMILES string of the molecule is CCNC(=NCc1ccc(C)c(F)c1)NCCS(=O)(=O)c1ccccc1F. The second kappa shape index (κ2) is 9.45. The Bertz CT molecular complexity index is 915. The molecule has 0 aliphatic carbocycles. The Labute approximate surface area is 158 Å². The van der Waals surface area contributed by atoms with Gasteiger partial charge in [0.15, 0.2) is 15.8 Å². The molecule has 0 saturated heterocycles. The third kappa shape index (κ3) is 6.02. The van der Waals surface area contributed by atoms with Crippen LogP contribution in [-0.2, 0) is 16.4 Å². The van der Waals surface area contributed by atoms with Crippen molar-refractivity contribution in [2.24, 2.45) is 4.99 Å². The number of nitrogens with zero attached hydrogens (tertiary/aromatic N) is 1. The molecule has 0 aliphatic heterocycles. The zero-order valence-corrected chi connectivity index (χ0v) is 16.1. The third-order valence-electron chi connectivity index (χ3n) is 3.84. The van der Waals surface area contributed by atoms with Gasteiger partial charge in [0.2, 0.25) is 0 Å². The lowest BCUT2D eigenvalue weighted by Gasteiger charge is -2.12. The lowest BCUT2D eigenvalue weighted by atomic mass is 10.1. The van der Waals surface area contributed by atoms with Crippen LogP contribution in [0.4, 0.5) is 8.78 Å². The summed E-state index contributed by atoms with van der Waals surface area (Å²) >= 11 is 0. The maximum Gasteiger partial charge on any atom is 0.191 e. The predicted octanol–water partition coefficient (Wildman–Crippen LogP) is 2.80. The predicted molar refractivity (Wildman–Crippen MR) is 102 cm³/mol. The lowest BCUT2D eigenvalue weighted by Crippen LogP contribution is -2.39. The number of guanidine groups is 1. The first-order valence-electron chi connectivity index (χ1n) is 8.58. The maximum atomic E-state index is 13.7. The van der Waals surface area contributed by atoms with Crippen molar-refractivity contribution >= 4 is 15.8 Å². The van der Waals surface area contributed by atoms with Crippen LogP contribution in [0.2, 0.25) is 0 Å². The van der Waals surface area contributed by atoms with Crippen molar-refractivity contribution in [1.29, 1.82) is 0 Å². The fourth-order valence-corrected chi connectivity index (χ4v) is 3.60. The Morgan fingerprint density at radius 3 is 2.48 bits per heavy atom. The molecule has 5 nitrogen and oxygen atoms in total. The minimum Gasteiger partial charge on any atom is -0.357 e. The Balaban J connectivity index is 1.99. The van der Waals surface area contributed by atoms with E-state index in [-0.39, 0.29) is 29.6 Å². The lowest BCUT2D eigenvalue weighted by molar-refractivity contribution is 0.566. The van der Waals surface area contributed by atoms with E-state index in [4.69, 9.17) is 0 Å². The average Bonchev–Trinajstić information content (AvgIpc) is 2.62. The van der Waals surface area contributed by atoms with Crippen molar-refractivity contribution in [1.82, 2.24) is 10.6 Å². The fraction of sp³-hybridized carbons (Fsp3) is 0.316. The third-order valence-corrected chi connectivity index (χ3v) is 5.58.